The Morgan fingerprint density at radius 1 is 1.12 bits per heavy atom. The van der Waals surface area contributed by atoms with Gasteiger partial charge in [0.25, 0.3) is 0 Å². The lowest BCUT2D eigenvalue weighted by molar-refractivity contribution is 0.549. The van der Waals surface area contributed by atoms with Gasteiger partial charge in [-0.25, -0.2) is 0 Å². The van der Waals surface area contributed by atoms with Crippen molar-refractivity contribution in [2.24, 2.45) is 11.7 Å². The molecular weight excluding hydrogens is 194 g/mol. The fraction of sp³-hybridized carbons (Fsp3) is 0.600. The summed E-state index contributed by atoms with van der Waals surface area (Å²) in [6.07, 6.45) is 5.00. The van der Waals surface area contributed by atoms with Crippen molar-refractivity contribution in [2.75, 3.05) is 0 Å². The van der Waals surface area contributed by atoms with Crippen molar-refractivity contribution in [3.8, 4) is 0 Å². The van der Waals surface area contributed by atoms with Crippen molar-refractivity contribution in [2.45, 2.75) is 52.5 Å². The normalized spacial score (nSPS) is 17.5. The molecular formula is C15H23N. The van der Waals surface area contributed by atoms with Crippen molar-refractivity contribution in [1.29, 1.82) is 0 Å². The maximum absolute atomic E-state index is 6.14. The summed E-state index contributed by atoms with van der Waals surface area (Å²) in [5.41, 5.74) is 11.9. The molecule has 0 amide bonds. The van der Waals surface area contributed by atoms with Crippen LogP contribution in [0.15, 0.2) is 12.1 Å². The average molecular weight is 217 g/mol. The third-order valence-electron chi connectivity index (χ3n) is 3.93. The summed E-state index contributed by atoms with van der Waals surface area (Å²) in [6, 6.07) is 5.07. The first-order valence-electron chi connectivity index (χ1n) is 6.40. The molecule has 2 rings (SSSR count). The van der Waals surface area contributed by atoms with E-state index in [1.165, 1.54) is 35.1 Å². The van der Waals surface area contributed by atoms with Crippen LogP contribution in [0.1, 0.15) is 41.5 Å². The molecule has 0 aromatic heterocycles. The third kappa shape index (κ3) is 2.65. The maximum atomic E-state index is 6.14. The van der Waals surface area contributed by atoms with Crippen LogP contribution in [0.4, 0.5) is 0 Å². The molecule has 16 heavy (non-hydrogen) atoms. The summed E-state index contributed by atoms with van der Waals surface area (Å²) in [4.78, 5) is 0. The number of benzene rings is 1. The van der Waals surface area contributed by atoms with Crippen LogP contribution < -0.4 is 5.73 Å². The monoisotopic (exact) mass is 217 g/mol. The molecule has 1 atom stereocenters. The van der Waals surface area contributed by atoms with Crippen LogP contribution in [0.3, 0.4) is 0 Å². The topological polar surface area (TPSA) is 26.0 Å². The van der Waals surface area contributed by atoms with Crippen molar-refractivity contribution in [3.63, 3.8) is 0 Å². The van der Waals surface area contributed by atoms with Crippen LogP contribution in [0, 0.1) is 26.7 Å². The van der Waals surface area contributed by atoms with Crippen molar-refractivity contribution in [1.82, 2.24) is 0 Å². The minimum Gasteiger partial charge on any atom is -0.327 e. The van der Waals surface area contributed by atoms with E-state index in [2.05, 4.69) is 32.9 Å². The van der Waals surface area contributed by atoms with Gasteiger partial charge in [-0.1, -0.05) is 12.1 Å². The van der Waals surface area contributed by atoms with E-state index in [0.29, 0.717) is 6.04 Å². The number of nitrogens with two attached hydrogens (primary N) is 1. The van der Waals surface area contributed by atoms with E-state index in [9.17, 15) is 0 Å². The second-order valence-corrected chi connectivity index (χ2v) is 5.40. The van der Waals surface area contributed by atoms with Gasteiger partial charge in [-0.05, 0) is 74.6 Å². The first kappa shape index (κ1) is 11.7. The summed E-state index contributed by atoms with van der Waals surface area (Å²) in [6.45, 7) is 6.59. The number of aryl methyl sites for hydroxylation is 4. The molecule has 0 radical (unpaired) electrons. The van der Waals surface area contributed by atoms with E-state index < -0.39 is 0 Å². The number of rotatable bonds is 4. The molecule has 1 nitrogen and oxygen atoms in total. The van der Waals surface area contributed by atoms with Gasteiger partial charge in [0, 0.05) is 6.04 Å². The van der Waals surface area contributed by atoms with Crippen LogP contribution in [-0.2, 0) is 6.42 Å². The van der Waals surface area contributed by atoms with Crippen molar-refractivity contribution in [3.05, 3.63) is 34.4 Å². The first-order valence-corrected chi connectivity index (χ1v) is 6.40. The Morgan fingerprint density at radius 3 is 2.38 bits per heavy atom. The van der Waals surface area contributed by atoms with Crippen LogP contribution in [-0.4, -0.2) is 6.04 Å². The predicted octanol–water partition coefficient (Wildman–Crippen LogP) is 3.28. The quantitative estimate of drug-likeness (QED) is 0.823. The fourth-order valence-electron chi connectivity index (χ4n) is 2.37. The Morgan fingerprint density at radius 2 is 1.75 bits per heavy atom. The van der Waals surface area contributed by atoms with E-state index in [1.54, 1.807) is 0 Å². The number of hydrogen-bond acceptors (Lipinski definition) is 1. The molecule has 0 aliphatic heterocycles. The fourth-order valence-corrected chi connectivity index (χ4v) is 2.37. The highest BCUT2D eigenvalue weighted by molar-refractivity contribution is 5.36. The molecule has 1 aliphatic rings. The highest BCUT2D eigenvalue weighted by Crippen LogP contribution is 2.33. The molecule has 1 saturated carbocycles. The molecule has 1 aliphatic carbocycles. The van der Waals surface area contributed by atoms with Gasteiger partial charge in [-0.2, -0.15) is 0 Å². The minimum absolute atomic E-state index is 0.431. The summed E-state index contributed by atoms with van der Waals surface area (Å²) in [5, 5.41) is 0. The zero-order valence-corrected chi connectivity index (χ0v) is 10.7. The second kappa shape index (κ2) is 4.58. The Labute approximate surface area is 99.0 Å². The summed E-state index contributed by atoms with van der Waals surface area (Å²) in [5.74, 6) is 0.826. The van der Waals surface area contributed by atoms with Gasteiger partial charge in [0.15, 0.2) is 0 Å². The van der Waals surface area contributed by atoms with Crippen molar-refractivity contribution < 1.29 is 0 Å². The smallest absolute Gasteiger partial charge is 0.00703 e. The van der Waals surface area contributed by atoms with Gasteiger partial charge < -0.3 is 5.73 Å². The summed E-state index contributed by atoms with van der Waals surface area (Å²) >= 11 is 0. The molecule has 1 unspecified atom stereocenters. The Hall–Kier alpha value is -0.820. The summed E-state index contributed by atoms with van der Waals surface area (Å²) < 4.78 is 0. The lowest BCUT2D eigenvalue weighted by Gasteiger charge is -2.13. The molecule has 1 fully saturated rings. The zero-order chi connectivity index (χ0) is 11.7. The lowest BCUT2D eigenvalue weighted by Crippen LogP contribution is -2.23. The summed E-state index contributed by atoms with van der Waals surface area (Å²) in [7, 11) is 0. The van der Waals surface area contributed by atoms with Gasteiger partial charge in [-0.15, -0.1) is 0 Å². The van der Waals surface area contributed by atoms with Gasteiger partial charge in [0.2, 0.25) is 0 Å². The zero-order valence-electron chi connectivity index (χ0n) is 10.7. The maximum Gasteiger partial charge on any atom is 0.00703 e. The predicted molar refractivity (Wildman–Crippen MR) is 69.7 cm³/mol. The molecule has 0 bridgehead atoms. The molecule has 1 heteroatoms. The molecule has 1 aromatic carbocycles. The molecule has 88 valence electrons. The number of hydrogen-bond donors (Lipinski definition) is 1. The van der Waals surface area contributed by atoms with E-state index in [0.717, 1.165) is 18.8 Å². The van der Waals surface area contributed by atoms with Gasteiger partial charge >= 0.3 is 0 Å². The third-order valence-corrected chi connectivity index (χ3v) is 3.93. The second-order valence-electron chi connectivity index (χ2n) is 5.40. The molecule has 1 aromatic rings. The van der Waals surface area contributed by atoms with Crippen LogP contribution >= 0.6 is 0 Å². The standard InChI is InChI=1S/C15H23N/c1-10-8-12(3)14(9-11(10)2)6-7-15(16)13-4-5-13/h8-9,13,15H,4-7,16H2,1-3H3. The van der Waals surface area contributed by atoms with E-state index in [-0.39, 0.29) is 0 Å². The Kier molecular flexibility index (Phi) is 3.34. The largest absolute Gasteiger partial charge is 0.327 e. The van der Waals surface area contributed by atoms with Crippen LogP contribution in [0.25, 0.3) is 0 Å². The van der Waals surface area contributed by atoms with Crippen LogP contribution in [0.2, 0.25) is 0 Å². The highest BCUT2D eigenvalue weighted by Gasteiger charge is 2.27. The van der Waals surface area contributed by atoms with E-state index in [1.807, 2.05) is 0 Å². The van der Waals surface area contributed by atoms with Gasteiger partial charge in [-0.3, -0.25) is 0 Å². The van der Waals surface area contributed by atoms with Gasteiger partial charge in [0.05, 0.1) is 0 Å². The average Bonchev–Trinajstić information content (AvgIpc) is 3.04. The molecule has 0 spiro atoms. The van der Waals surface area contributed by atoms with E-state index >= 15 is 0 Å². The Balaban J connectivity index is 2.00. The molecule has 2 N–H and O–H groups in total. The van der Waals surface area contributed by atoms with Crippen molar-refractivity contribution >= 4 is 0 Å². The molecule has 0 saturated heterocycles. The minimum atomic E-state index is 0.431. The van der Waals surface area contributed by atoms with E-state index in [4.69, 9.17) is 5.73 Å². The van der Waals surface area contributed by atoms with Gasteiger partial charge in [0.1, 0.15) is 0 Å². The highest BCUT2D eigenvalue weighted by atomic mass is 14.7. The Bertz CT molecular complexity index is 377. The first-order chi connectivity index (χ1) is 7.58. The lowest BCUT2D eigenvalue weighted by atomic mass is 9.95. The molecule has 0 heterocycles. The van der Waals surface area contributed by atoms with Crippen LogP contribution in [0.5, 0.6) is 0 Å². The SMILES string of the molecule is Cc1cc(C)c(CCC(N)C2CC2)cc1C.